The van der Waals surface area contributed by atoms with Crippen molar-refractivity contribution in [2.75, 3.05) is 25.6 Å². The van der Waals surface area contributed by atoms with Crippen LogP contribution < -0.4 is 5.32 Å². The van der Waals surface area contributed by atoms with Crippen molar-refractivity contribution < 1.29 is 14.3 Å². The van der Waals surface area contributed by atoms with E-state index >= 15 is 0 Å². The van der Waals surface area contributed by atoms with Crippen molar-refractivity contribution in [2.45, 2.75) is 39.2 Å². The van der Waals surface area contributed by atoms with Gasteiger partial charge in [0, 0.05) is 25.8 Å². The summed E-state index contributed by atoms with van der Waals surface area (Å²) in [6, 6.07) is 5.90. The Morgan fingerprint density at radius 2 is 2.00 bits per heavy atom. The summed E-state index contributed by atoms with van der Waals surface area (Å²) in [4.78, 5) is 26.5. The molecule has 5 nitrogen and oxygen atoms in total. The van der Waals surface area contributed by atoms with E-state index < -0.39 is 5.54 Å². The molecule has 1 fully saturated rings. The van der Waals surface area contributed by atoms with E-state index in [-0.39, 0.29) is 11.8 Å². The first-order valence-electron chi connectivity index (χ1n) is 7.57. The van der Waals surface area contributed by atoms with Gasteiger partial charge in [-0.15, -0.1) is 0 Å². The number of nitrogens with one attached hydrogen (secondary N) is 1. The minimum Gasteiger partial charge on any atom is -0.383 e. The van der Waals surface area contributed by atoms with Crippen molar-refractivity contribution in [3.63, 3.8) is 0 Å². The van der Waals surface area contributed by atoms with Gasteiger partial charge in [0.05, 0.1) is 6.61 Å². The lowest BCUT2D eigenvalue weighted by molar-refractivity contribution is -0.138. The molecule has 22 heavy (non-hydrogen) atoms. The van der Waals surface area contributed by atoms with Crippen molar-refractivity contribution in [1.82, 2.24) is 4.90 Å². The third-order valence-electron chi connectivity index (χ3n) is 4.45. The number of aryl methyl sites for hydroxylation is 2. The van der Waals surface area contributed by atoms with Crippen molar-refractivity contribution in [2.24, 2.45) is 0 Å². The second-order valence-electron chi connectivity index (χ2n) is 6.03. The standard InChI is InChI=1S/C17H24N2O3/c1-12-6-5-7-13(2)15(12)18-16(21)17(3)9-8-14(20)19(17)10-11-22-4/h5-7H,8-11H2,1-4H3,(H,18,21). The normalized spacial score (nSPS) is 21.3. The highest BCUT2D eigenvalue weighted by Crippen LogP contribution is 2.32. The van der Waals surface area contributed by atoms with Crippen LogP contribution in [-0.2, 0) is 14.3 Å². The Balaban J connectivity index is 2.21. The molecule has 1 aromatic carbocycles. The van der Waals surface area contributed by atoms with Crippen LogP contribution in [0.1, 0.15) is 30.9 Å². The summed E-state index contributed by atoms with van der Waals surface area (Å²) in [6.07, 6.45) is 0.937. The summed E-state index contributed by atoms with van der Waals surface area (Å²) in [5, 5.41) is 3.01. The number of rotatable bonds is 5. The van der Waals surface area contributed by atoms with Gasteiger partial charge < -0.3 is 15.0 Å². The van der Waals surface area contributed by atoms with Crippen LogP contribution in [-0.4, -0.2) is 42.5 Å². The SMILES string of the molecule is COCCN1C(=O)CCC1(C)C(=O)Nc1c(C)cccc1C. The lowest BCUT2D eigenvalue weighted by Gasteiger charge is -2.34. The Hall–Kier alpha value is -1.88. The van der Waals surface area contributed by atoms with Gasteiger partial charge >= 0.3 is 0 Å². The predicted molar refractivity (Wildman–Crippen MR) is 85.8 cm³/mol. The topological polar surface area (TPSA) is 58.6 Å². The second-order valence-corrected chi connectivity index (χ2v) is 6.03. The second kappa shape index (κ2) is 6.48. The lowest BCUT2D eigenvalue weighted by atomic mass is 9.96. The van der Waals surface area contributed by atoms with Crippen LogP contribution in [0.25, 0.3) is 0 Å². The molecule has 120 valence electrons. The number of methoxy groups -OCH3 is 1. The Kier molecular flexibility index (Phi) is 4.86. The molecule has 1 saturated heterocycles. The van der Waals surface area contributed by atoms with E-state index in [0.29, 0.717) is 26.0 Å². The summed E-state index contributed by atoms with van der Waals surface area (Å²) >= 11 is 0. The first-order valence-corrected chi connectivity index (χ1v) is 7.57. The molecule has 1 unspecified atom stereocenters. The molecule has 1 aliphatic heterocycles. The maximum atomic E-state index is 12.8. The number of hydrogen-bond donors (Lipinski definition) is 1. The smallest absolute Gasteiger partial charge is 0.250 e. The number of likely N-dealkylation sites (tertiary alicyclic amines) is 1. The van der Waals surface area contributed by atoms with Gasteiger partial charge in [-0.3, -0.25) is 9.59 Å². The zero-order chi connectivity index (χ0) is 16.3. The number of carbonyl (C=O) groups excluding carboxylic acids is 2. The number of nitrogens with zero attached hydrogens (tertiary/aromatic N) is 1. The molecule has 0 saturated carbocycles. The molecular weight excluding hydrogens is 280 g/mol. The van der Waals surface area contributed by atoms with Crippen LogP contribution in [0.15, 0.2) is 18.2 Å². The number of amides is 2. The monoisotopic (exact) mass is 304 g/mol. The Bertz CT molecular complexity index is 565. The van der Waals surface area contributed by atoms with Gasteiger partial charge in [0.2, 0.25) is 11.8 Å². The third kappa shape index (κ3) is 2.99. The van der Waals surface area contributed by atoms with Crippen molar-refractivity contribution in [3.05, 3.63) is 29.3 Å². The van der Waals surface area contributed by atoms with Crippen molar-refractivity contribution >= 4 is 17.5 Å². The van der Waals surface area contributed by atoms with Crippen LogP contribution in [0.5, 0.6) is 0 Å². The molecule has 5 heteroatoms. The van der Waals surface area contributed by atoms with E-state index in [2.05, 4.69) is 5.32 Å². The molecule has 2 amide bonds. The minimum absolute atomic E-state index is 0.0104. The molecule has 0 radical (unpaired) electrons. The zero-order valence-corrected chi connectivity index (χ0v) is 13.7. The Morgan fingerprint density at radius 3 is 2.59 bits per heavy atom. The summed E-state index contributed by atoms with van der Waals surface area (Å²) in [5.41, 5.74) is 2.05. The van der Waals surface area contributed by atoms with Crippen molar-refractivity contribution in [1.29, 1.82) is 0 Å². The number of para-hydroxylation sites is 1. The summed E-state index contributed by atoms with van der Waals surface area (Å²) < 4.78 is 5.06. The highest BCUT2D eigenvalue weighted by atomic mass is 16.5. The van der Waals surface area contributed by atoms with Gasteiger partial charge in [-0.25, -0.2) is 0 Å². The summed E-state index contributed by atoms with van der Waals surface area (Å²) in [6.45, 7) is 6.63. The van der Waals surface area contributed by atoms with E-state index in [1.807, 2.05) is 39.0 Å². The molecule has 0 spiro atoms. The van der Waals surface area contributed by atoms with Crippen LogP contribution in [0.3, 0.4) is 0 Å². The molecule has 0 aliphatic carbocycles. The van der Waals surface area contributed by atoms with Gasteiger partial charge in [-0.05, 0) is 38.3 Å². The molecular formula is C17H24N2O3. The largest absolute Gasteiger partial charge is 0.383 e. The van der Waals surface area contributed by atoms with Crippen LogP contribution in [0.2, 0.25) is 0 Å². The van der Waals surface area contributed by atoms with Gasteiger partial charge in [0.15, 0.2) is 0 Å². The van der Waals surface area contributed by atoms with E-state index in [1.54, 1.807) is 12.0 Å². The molecule has 2 rings (SSSR count). The van der Waals surface area contributed by atoms with Crippen molar-refractivity contribution in [3.8, 4) is 0 Å². The average molecular weight is 304 g/mol. The molecule has 1 aromatic rings. The van der Waals surface area contributed by atoms with Crippen LogP contribution >= 0.6 is 0 Å². The van der Waals surface area contributed by atoms with Crippen LogP contribution in [0.4, 0.5) is 5.69 Å². The average Bonchev–Trinajstić information content (AvgIpc) is 2.77. The number of anilines is 1. The maximum Gasteiger partial charge on any atom is 0.250 e. The van der Waals surface area contributed by atoms with E-state index in [9.17, 15) is 9.59 Å². The van der Waals surface area contributed by atoms with Gasteiger partial charge in [0.25, 0.3) is 0 Å². The van der Waals surface area contributed by atoms with Gasteiger partial charge in [-0.2, -0.15) is 0 Å². The van der Waals surface area contributed by atoms with Gasteiger partial charge in [0.1, 0.15) is 5.54 Å². The first kappa shape index (κ1) is 16.5. The fourth-order valence-corrected chi connectivity index (χ4v) is 2.95. The first-order chi connectivity index (χ1) is 10.4. The minimum atomic E-state index is -0.815. The predicted octanol–water partition coefficient (Wildman–Crippen LogP) is 2.27. The zero-order valence-electron chi connectivity index (χ0n) is 13.7. The summed E-state index contributed by atoms with van der Waals surface area (Å²) in [7, 11) is 1.59. The number of carbonyl (C=O) groups is 2. The Labute approximate surface area is 131 Å². The third-order valence-corrected chi connectivity index (χ3v) is 4.45. The fraction of sp³-hybridized carbons (Fsp3) is 0.529. The Morgan fingerprint density at radius 1 is 1.36 bits per heavy atom. The number of benzene rings is 1. The van der Waals surface area contributed by atoms with Crippen LogP contribution in [0, 0.1) is 13.8 Å². The quantitative estimate of drug-likeness (QED) is 0.908. The molecule has 1 aliphatic rings. The van der Waals surface area contributed by atoms with E-state index in [4.69, 9.17) is 4.74 Å². The maximum absolute atomic E-state index is 12.8. The summed E-state index contributed by atoms with van der Waals surface area (Å²) in [5.74, 6) is -0.122. The van der Waals surface area contributed by atoms with E-state index in [0.717, 1.165) is 16.8 Å². The number of ether oxygens (including phenoxy) is 1. The number of hydrogen-bond acceptors (Lipinski definition) is 3. The molecule has 0 bridgehead atoms. The fourth-order valence-electron chi connectivity index (χ4n) is 2.95. The molecule has 1 heterocycles. The highest BCUT2D eigenvalue weighted by Gasteiger charge is 2.47. The van der Waals surface area contributed by atoms with E-state index in [1.165, 1.54) is 0 Å². The molecule has 0 aromatic heterocycles. The molecule has 1 atom stereocenters. The van der Waals surface area contributed by atoms with Gasteiger partial charge in [-0.1, -0.05) is 18.2 Å². The lowest BCUT2D eigenvalue weighted by Crippen LogP contribution is -2.53. The molecule has 1 N–H and O–H groups in total. The highest BCUT2D eigenvalue weighted by molar-refractivity contribution is 6.02.